The first kappa shape index (κ1) is 6.82. The third kappa shape index (κ3) is 5.82. The molecule has 0 aliphatic rings. The Labute approximate surface area is 45.9 Å². The molecule has 0 saturated heterocycles. The van der Waals surface area contributed by atoms with Gasteiger partial charge >= 0.3 is 0 Å². The van der Waals surface area contributed by atoms with Gasteiger partial charge in [-0.2, -0.15) is 0 Å². The fourth-order valence-corrected chi connectivity index (χ4v) is 0.707. The van der Waals surface area contributed by atoms with Crippen LogP contribution >= 0.6 is 0 Å². The zero-order valence-corrected chi connectivity index (χ0v) is 5.25. The molecule has 0 aromatic rings. The summed E-state index contributed by atoms with van der Waals surface area (Å²) in [6, 6.07) is 0. The fourth-order valence-electron chi connectivity index (χ4n) is 0.236. The molecule has 0 aliphatic carbocycles. The summed E-state index contributed by atoms with van der Waals surface area (Å²) in [6.45, 7) is 0. The number of aliphatic carboxylic acids is 1. The van der Waals surface area contributed by atoms with E-state index in [9.17, 15) is 9.90 Å². The number of carbonyl (C=O) groups is 1. The van der Waals surface area contributed by atoms with Crippen molar-refractivity contribution in [3.63, 3.8) is 0 Å². The van der Waals surface area contributed by atoms with Crippen LogP contribution in [0, 0.1) is 0 Å². The average molecular weight is 120 g/mol. The van der Waals surface area contributed by atoms with Gasteiger partial charge in [0.05, 0.1) is 18.5 Å². The van der Waals surface area contributed by atoms with Gasteiger partial charge in [0.1, 0.15) is 5.75 Å². The Balaban J connectivity index is 3.13. The van der Waals surface area contributed by atoms with Crippen molar-refractivity contribution in [1.82, 2.24) is 0 Å². The highest BCUT2D eigenvalue weighted by molar-refractivity contribution is 7.96. The van der Waals surface area contributed by atoms with Crippen LogP contribution in [0.15, 0.2) is 0 Å². The van der Waals surface area contributed by atoms with Crippen molar-refractivity contribution in [2.24, 2.45) is 0 Å². The van der Waals surface area contributed by atoms with Gasteiger partial charge in [0.25, 0.3) is 0 Å². The van der Waals surface area contributed by atoms with E-state index < -0.39 is 5.97 Å². The summed E-state index contributed by atoms with van der Waals surface area (Å²) in [4.78, 5) is 9.71. The molecule has 0 aromatic heterocycles. The van der Waals surface area contributed by atoms with Crippen LogP contribution in [0.1, 0.15) is 0 Å². The molecule has 7 heavy (non-hydrogen) atoms. The van der Waals surface area contributed by atoms with Gasteiger partial charge in [0, 0.05) is 0 Å². The molecule has 42 valence electrons. The molecule has 0 aromatic carbocycles. The van der Waals surface area contributed by atoms with Crippen LogP contribution in [0.4, 0.5) is 0 Å². The summed E-state index contributed by atoms with van der Waals surface area (Å²) in [7, 11) is -0.00772. The van der Waals surface area contributed by atoms with Crippen LogP contribution in [0.2, 0.25) is 0 Å². The van der Waals surface area contributed by atoms with Crippen LogP contribution in [0.3, 0.4) is 0 Å². The molecule has 0 atom stereocenters. The van der Waals surface area contributed by atoms with E-state index in [1.165, 1.54) is 0 Å². The second-order valence-corrected chi connectivity index (χ2v) is 3.76. The predicted octanol–water partition coefficient (Wildman–Crippen LogP) is -1.39. The minimum Gasteiger partial charge on any atom is -0.545 e. The molecule has 0 spiro atoms. The quantitative estimate of drug-likeness (QED) is 0.421. The highest BCUT2D eigenvalue weighted by atomic mass is 32.2. The number of carboxylic acids is 1. The van der Waals surface area contributed by atoms with Crippen LogP contribution in [0.25, 0.3) is 0 Å². The molecule has 0 saturated carbocycles. The molecule has 0 radical (unpaired) electrons. The number of hydrogen-bond donors (Lipinski definition) is 0. The molecule has 0 N–H and O–H groups in total. The predicted molar refractivity (Wildman–Crippen MR) is 29.1 cm³/mol. The zero-order valence-electron chi connectivity index (χ0n) is 4.43. The summed E-state index contributed by atoms with van der Waals surface area (Å²) < 4.78 is 0. The Morgan fingerprint density at radius 3 is 2.14 bits per heavy atom. The monoisotopic (exact) mass is 120 g/mol. The first-order valence-electron chi connectivity index (χ1n) is 1.87. The van der Waals surface area contributed by atoms with Gasteiger partial charge in [0.15, 0.2) is 0 Å². The lowest BCUT2D eigenvalue weighted by atomic mass is 10.8. The number of carboxylic acid groups (broad SMARTS) is 1. The molecular weight excluding hydrogens is 112 g/mol. The lowest BCUT2D eigenvalue weighted by Gasteiger charge is -1.94. The van der Waals surface area contributed by atoms with E-state index in [4.69, 9.17) is 0 Å². The molecule has 0 aliphatic heterocycles. The van der Waals surface area contributed by atoms with Crippen molar-refractivity contribution < 1.29 is 9.90 Å². The van der Waals surface area contributed by atoms with Crippen molar-refractivity contribution in [1.29, 1.82) is 0 Å². The highest BCUT2D eigenvalue weighted by Gasteiger charge is 1.99. The molecule has 0 rings (SSSR count). The van der Waals surface area contributed by atoms with Gasteiger partial charge < -0.3 is 9.90 Å². The topological polar surface area (TPSA) is 40.1 Å². The van der Waals surface area contributed by atoms with Crippen LogP contribution in [-0.2, 0) is 15.7 Å². The van der Waals surface area contributed by atoms with Crippen molar-refractivity contribution in [2.45, 2.75) is 0 Å². The summed E-state index contributed by atoms with van der Waals surface area (Å²) in [6.07, 6.45) is 3.74. The van der Waals surface area contributed by atoms with Crippen molar-refractivity contribution in [3.8, 4) is 0 Å². The number of hydrogen-bond acceptors (Lipinski definition) is 2. The zero-order chi connectivity index (χ0) is 5.86. The minimum absolute atomic E-state index is 0.00772. The van der Waals surface area contributed by atoms with Gasteiger partial charge in [-0.05, 0) is 10.9 Å². The van der Waals surface area contributed by atoms with E-state index in [-0.39, 0.29) is 16.6 Å². The lowest BCUT2D eigenvalue weighted by molar-refractivity contribution is -0.301. The first-order valence-corrected chi connectivity index (χ1v) is 4.08. The lowest BCUT2D eigenvalue weighted by Crippen LogP contribution is -2.29. The average Bonchev–Trinajstić information content (AvgIpc) is 1.27. The van der Waals surface area contributed by atoms with E-state index in [1.54, 1.807) is 0 Å². The minimum atomic E-state index is -0.951. The van der Waals surface area contributed by atoms with Crippen LogP contribution in [0.5, 0.6) is 0 Å². The van der Waals surface area contributed by atoms with Gasteiger partial charge in [-0.1, -0.05) is 0 Å². The first-order chi connectivity index (χ1) is 3.13. The van der Waals surface area contributed by atoms with Gasteiger partial charge in [-0.3, -0.25) is 0 Å². The standard InChI is InChI=1S/C4H8O2S/c1-7(2)3-4(5)6/h3H2,1-2H3. The van der Waals surface area contributed by atoms with E-state index in [0.717, 1.165) is 0 Å². The van der Waals surface area contributed by atoms with Gasteiger partial charge in [0.2, 0.25) is 0 Å². The largest absolute Gasteiger partial charge is 0.545 e. The molecule has 0 unspecified atom stereocenters. The van der Waals surface area contributed by atoms with Gasteiger partial charge in [-0.15, -0.1) is 0 Å². The normalized spacial score (nSPS) is 9.57. The summed E-state index contributed by atoms with van der Waals surface area (Å²) >= 11 is 0. The Morgan fingerprint density at radius 2 is 2.14 bits per heavy atom. The summed E-state index contributed by atoms with van der Waals surface area (Å²) in [5, 5.41) is 9.71. The summed E-state index contributed by atoms with van der Waals surface area (Å²) in [5.74, 6) is -0.756. The van der Waals surface area contributed by atoms with Crippen molar-refractivity contribution in [3.05, 3.63) is 0 Å². The number of rotatable bonds is 2. The highest BCUT2D eigenvalue weighted by Crippen LogP contribution is 1.78. The van der Waals surface area contributed by atoms with Crippen molar-refractivity contribution in [2.75, 3.05) is 18.3 Å². The molecule has 0 heterocycles. The van der Waals surface area contributed by atoms with E-state index in [1.807, 2.05) is 12.5 Å². The van der Waals surface area contributed by atoms with E-state index in [0.29, 0.717) is 0 Å². The Kier molecular flexibility index (Phi) is 2.83. The molecule has 0 bridgehead atoms. The van der Waals surface area contributed by atoms with Crippen LogP contribution in [-0.4, -0.2) is 24.2 Å². The Morgan fingerprint density at radius 1 is 1.71 bits per heavy atom. The second kappa shape index (κ2) is 2.91. The number of carbonyl (C=O) groups excluding carboxylic acids is 1. The maximum Gasteiger partial charge on any atom is 0.146 e. The maximum atomic E-state index is 9.71. The molecule has 3 heteroatoms. The van der Waals surface area contributed by atoms with E-state index >= 15 is 0 Å². The van der Waals surface area contributed by atoms with E-state index in [2.05, 4.69) is 0 Å². The maximum absolute atomic E-state index is 9.71. The van der Waals surface area contributed by atoms with Gasteiger partial charge in [-0.25, -0.2) is 0 Å². The van der Waals surface area contributed by atoms with Crippen LogP contribution < -0.4 is 5.11 Å². The Hall–Kier alpha value is -0.180. The molecular formula is C4H8O2S. The van der Waals surface area contributed by atoms with Crippen molar-refractivity contribution >= 4 is 16.9 Å². The Bertz CT molecular complexity index is 70.1. The third-order valence-electron chi connectivity index (χ3n) is 0.407. The summed E-state index contributed by atoms with van der Waals surface area (Å²) in [5.41, 5.74) is 0. The smallest absolute Gasteiger partial charge is 0.146 e. The third-order valence-corrected chi connectivity index (χ3v) is 1.22. The molecule has 2 nitrogen and oxygen atoms in total. The second-order valence-electron chi connectivity index (χ2n) is 1.50. The molecule has 0 amide bonds. The SMILES string of the molecule is C[S+](C)CC(=O)[O-]. The molecule has 0 fully saturated rings. The fraction of sp³-hybridized carbons (Fsp3) is 0.750.